The van der Waals surface area contributed by atoms with E-state index in [9.17, 15) is 9.59 Å². The molecule has 18 heavy (non-hydrogen) atoms. The van der Waals surface area contributed by atoms with Gasteiger partial charge in [0.15, 0.2) is 0 Å². The third-order valence-electron chi connectivity index (χ3n) is 1.97. The number of hydrogen-bond donors (Lipinski definition) is 2. The van der Waals surface area contributed by atoms with Crippen LogP contribution in [-0.2, 0) is 14.4 Å². The molecule has 1 rings (SSSR count). The van der Waals surface area contributed by atoms with Crippen LogP contribution in [0.4, 0.5) is 5.69 Å². The Labute approximate surface area is 106 Å². The van der Waals surface area contributed by atoms with Gasteiger partial charge in [-0.25, -0.2) is 5.48 Å². The molecule has 2 N–H and O–H groups in total. The summed E-state index contributed by atoms with van der Waals surface area (Å²) >= 11 is 0. The average Bonchev–Trinajstić information content (AvgIpc) is 2.28. The van der Waals surface area contributed by atoms with Gasteiger partial charge in [0.25, 0.3) is 0 Å². The van der Waals surface area contributed by atoms with E-state index in [1.165, 1.54) is 0 Å². The Morgan fingerprint density at radius 2 is 1.61 bits per heavy atom. The van der Waals surface area contributed by atoms with Crippen molar-refractivity contribution in [1.29, 1.82) is 0 Å². The highest BCUT2D eigenvalue weighted by atomic mass is 16.7. The van der Waals surface area contributed by atoms with Crippen molar-refractivity contribution >= 4 is 17.5 Å². The minimum Gasteiger partial charge on any atom is -0.318 e. The highest BCUT2D eigenvalue weighted by molar-refractivity contribution is 6.39. The summed E-state index contributed by atoms with van der Waals surface area (Å²) in [7, 11) is 0. The molecule has 0 aliphatic rings. The zero-order valence-corrected chi connectivity index (χ0v) is 11.0. The molecular weight excluding hydrogens is 232 g/mol. The average molecular weight is 250 g/mol. The molecule has 0 radical (unpaired) electrons. The van der Waals surface area contributed by atoms with Gasteiger partial charge in [0, 0.05) is 5.69 Å². The lowest BCUT2D eigenvalue weighted by molar-refractivity contribution is -0.152. The summed E-state index contributed by atoms with van der Waals surface area (Å²) in [6, 6.07) is 7.15. The molecular formula is C13H18N2O3. The summed E-state index contributed by atoms with van der Waals surface area (Å²) in [5.41, 5.74) is 3.20. The lowest BCUT2D eigenvalue weighted by Crippen LogP contribution is -2.40. The number of aryl methyl sites for hydroxylation is 1. The Kier molecular flexibility index (Phi) is 4.44. The summed E-state index contributed by atoms with van der Waals surface area (Å²) in [6.07, 6.45) is 0. The molecule has 0 atom stereocenters. The van der Waals surface area contributed by atoms with Gasteiger partial charge in [0.1, 0.15) is 0 Å². The fraction of sp³-hybridized carbons (Fsp3) is 0.385. The molecule has 98 valence electrons. The fourth-order valence-electron chi connectivity index (χ4n) is 1.07. The summed E-state index contributed by atoms with van der Waals surface area (Å²) in [5, 5.41) is 2.47. The monoisotopic (exact) mass is 250 g/mol. The van der Waals surface area contributed by atoms with E-state index in [0.29, 0.717) is 5.69 Å². The van der Waals surface area contributed by atoms with Crippen molar-refractivity contribution < 1.29 is 14.4 Å². The summed E-state index contributed by atoms with van der Waals surface area (Å²) in [5.74, 6) is -1.59. The van der Waals surface area contributed by atoms with Crippen molar-refractivity contribution in [3.63, 3.8) is 0 Å². The van der Waals surface area contributed by atoms with Crippen LogP contribution in [-0.4, -0.2) is 17.4 Å². The highest BCUT2D eigenvalue weighted by Gasteiger charge is 2.18. The molecule has 0 heterocycles. The maximum absolute atomic E-state index is 11.5. The van der Waals surface area contributed by atoms with Crippen LogP contribution in [0.25, 0.3) is 0 Å². The zero-order valence-electron chi connectivity index (χ0n) is 11.0. The third kappa shape index (κ3) is 4.97. The summed E-state index contributed by atoms with van der Waals surface area (Å²) < 4.78 is 0. The Hall–Kier alpha value is -1.88. The first-order chi connectivity index (χ1) is 8.28. The van der Waals surface area contributed by atoms with Gasteiger partial charge in [0.05, 0.1) is 5.60 Å². The predicted molar refractivity (Wildman–Crippen MR) is 68.8 cm³/mol. The Bertz CT molecular complexity index is 433. The molecule has 0 aromatic heterocycles. The van der Waals surface area contributed by atoms with Crippen molar-refractivity contribution in [2.24, 2.45) is 0 Å². The number of anilines is 1. The van der Waals surface area contributed by atoms with Crippen LogP contribution in [0.1, 0.15) is 26.3 Å². The van der Waals surface area contributed by atoms with Gasteiger partial charge in [-0.15, -0.1) is 0 Å². The van der Waals surface area contributed by atoms with Gasteiger partial charge in [0.2, 0.25) is 0 Å². The van der Waals surface area contributed by atoms with Crippen LogP contribution >= 0.6 is 0 Å². The van der Waals surface area contributed by atoms with Crippen LogP contribution < -0.4 is 10.8 Å². The van der Waals surface area contributed by atoms with Gasteiger partial charge in [-0.05, 0) is 39.8 Å². The molecule has 0 bridgehead atoms. The van der Waals surface area contributed by atoms with Crippen LogP contribution in [0.15, 0.2) is 24.3 Å². The number of nitrogens with one attached hydrogen (secondary N) is 2. The number of hydroxylamine groups is 1. The van der Waals surface area contributed by atoms with E-state index in [4.69, 9.17) is 4.84 Å². The number of hydrogen-bond acceptors (Lipinski definition) is 3. The predicted octanol–water partition coefficient (Wildman–Crippen LogP) is 1.78. The number of benzene rings is 1. The fourth-order valence-corrected chi connectivity index (χ4v) is 1.07. The maximum atomic E-state index is 11.5. The molecule has 0 aliphatic heterocycles. The number of carbonyl (C=O) groups is 2. The van der Waals surface area contributed by atoms with E-state index >= 15 is 0 Å². The van der Waals surface area contributed by atoms with Gasteiger partial charge in [-0.1, -0.05) is 17.7 Å². The Balaban J connectivity index is 2.50. The maximum Gasteiger partial charge on any atom is 0.333 e. The van der Waals surface area contributed by atoms with Gasteiger partial charge in [-0.2, -0.15) is 0 Å². The van der Waals surface area contributed by atoms with E-state index in [-0.39, 0.29) is 0 Å². The number of rotatable bonds is 2. The molecule has 0 aliphatic carbocycles. The lowest BCUT2D eigenvalue weighted by atomic mass is 10.2. The molecule has 0 unspecified atom stereocenters. The topological polar surface area (TPSA) is 67.4 Å². The standard InChI is InChI=1S/C13H18N2O3/c1-9-5-7-10(8-6-9)14-11(16)12(17)15-18-13(2,3)4/h5-8H,1-4H3,(H,14,16)(H,15,17). The second-order valence-electron chi connectivity index (χ2n) is 4.97. The molecule has 5 heteroatoms. The molecule has 1 aromatic carbocycles. The second-order valence-corrected chi connectivity index (χ2v) is 4.97. The van der Waals surface area contributed by atoms with E-state index in [1.807, 2.05) is 19.1 Å². The van der Waals surface area contributed by atoms with Gasteiger partial charge in [-0.3, -0.25) is 14.4 Å². The smallest absolute Gasteiger partial charge is 0.318 e. The molecule has 5 nitrogen and oxygen atoms in total. The van der Waals surface area contributed by atoms with Gasteiger partial charge < -0.3 is 5.32 Å². The lowest BCUT2D eigenvalue weighted by Gasteiger charge is -2.18. The quantitative estimate of drug-likeness (QED) is 0.621. The molecule has 0 saturated heterocycles. The largest absolute Gasteiger partial charge is 0.333 e. The van der Waals surface area contributed by atoms with Gasteiger partial charge >= 0.3 is 11.8 Å². The summed E-state index contributed by atoms with van der Waals surface area (Å²) in [4.78, 5) is 27.9. The van der Waals surface area contributed by atoms with Crippen LogP contribution in [0.2, 0.25) is 0 Å². The van der Waals surface area contributed by atoms with E-state index in [1.54, 1.807) is 32.9 Å². The van der Waals surface area contributed by atoms with Crippen LogP contribution in [0.3, 0.4) is 0 Å². The highest BCUT2D eigenvalue weighted by Crippen LogP contribution is 2.08. The first-order valence-corrected chi connectivity index (χ1v) is 5.64. The Morgan fingerprint density at radius 3 is 2.11 bits per heavy atom. The van der Waals surface area contributed by atoms with Crippen molar-refractivity contribution in [2.75, 3.05) is 5.32 Å². The SMILES string of the molecule is Cc1ccc(NC(=O)C(=O)NOC(C)(C)C)cc1. The first kappa shape index (κ1) is 14.2. The number of carbonyl (C=O) groups excluding carboxylic acids is 2. The normalized spacial score (nSPS) is 10.9. The molecule has 2 amide bonds. The molecule has 1 aromatic rings. The second kappa shape index (κ2) is 5.64. The van der Waals surface area contributed by atoms with E-state index < -0.39 is 17.4 Å². The minimum absolute atomic E-state index is 0.542. The Morgan fingerprint density at radius 1 is 1.06 bits per heavy atom. The van der Waals surface area contributed by atoms with E-state index in [2.05, 4.69) is 10.8 Å². The molecule has 0 fully saturated rings. The molecule has 0 spiro atoms. The zero-order chi connectivity index (χ0) is 13.8. The van der Waals surface area contributed by atoms with Crippen LogP contribution in [0, 0.1) is 6.92 Å². The van der Waals surface area contributed by atoms with E-state index in [0.717, 1.165) is 5.56 Å². The van der Waals surface area contributed by atoms with Crippen molar-refractivity contribution in [3.8, 4) is 0 Å². The minimum atomic E-state index is -0.828. The van der Waals surface area contributed by atoms with Crippen molar-refractivity contribution in [2.45, 2.75) is 33.3 Å². The van der Waals surface area contributed by atoms with Crippen molar-refractivity contribution in [3.05, 3.63) is 29.8 Å². The first-order valence-electron chi connectivity index (χ1n) is 5.64. The van der Waals surface area contributed by atoms with Crippen LogP contribution in [0.5, 0.6) is 0 Å². The van der Waals surface area contributed by atoms with Crippen molar-refractivity contribution in [1.82, 2.24) is 5.48 Å². The molecule has 0 saturated carbocycles. The number of amides is 2. The summed E-state index contributed by atoms with van der Waals surface area (Å²) in [6.45, 7) is 7.25. The third-order valence-corrected chi connectivity index (χ3v) is 1.97.